The van der Waals surface area contributed by atoms with Crippen LogP contribution in [0.3, 0.4) is 0 Å². The Bertz CT molecular complexity index is 273. The molecule has 1 saturated carbocycles. The zero-order valence-corrected chi connectivity index (χ0v) is 13.0. The van der Waals surface area contributed by atoms with Crippen molar-refractivity contribution in [3.8, 4) is 0 Å². The first-order valence-corrected chi connectivity index (χ1v) is 7.70. The van der Waals surface area contributed by atoms with Crippen LogP contribution in [-0.2, 0) is 4.79 Å². The lowest BCUT2D eigenvalue weighted by Crippen LogP contribution is -2.49. The van der Waals surface area contributed by atoms with E-state index in [-0.39, 0.29) is 5.41 Å². The average molecular weight is 269 g/mol. The Morgan fingerprint density at radius 3 is 2.26 bits per heavy atom. The molecule has 4 nitrogen and oxygen atoms in total. The van der Waals surface area contributed by atoms with Crippen molar-refractivity contribution in [3.63, 3.8) is 0 Å². The van der Waals surface area contributed by atoms with Gasteiger partial charge in [0.05, 0.1) is 5.41 Å². The van der Waals surface area contributed by atoms with E-state index in [2.05, 4.69) is 25.9 Å². The normalized spacial score (nSPS) is 18.6. The highest BCUT2D eigenvalue weighted by atomic mass is 16.2. The van der Waals surface area contributed by atoms with Crippen molar-refractivity contribution in [2.24, 2.45) is 11.1 Å². The lowest BCUT2D eigenvalue weighted by Gasteiger charge is -2.39. The summed E-state index contributed by atoms with van der Waals surface area (Å²) in [5.41, 5.74) is 5.70. The van der Waals surface area contributed by atoms with Crippen molar-refractivity contribution in [1.29, 1.82) is 0 Å². The zero-order valence-electron chi connectivity index (χ0n) is 13.0. The van der Waals surface area contributed by atoms with Crippen LogP contribution in [0.5, 0.6) is 0 Å². The molecule has 0 spiro atoms. The molecular weight excluding hydrogens is 238 g/mol. The standard InChI is InChI=1S/C15H31N3O/c1-4-18(12-8-11-17(2)3)14(19)15(13-16)9-6-5-7-10-15/h4-13,16H2,1-3H3. The fourth-order valence-electron chi connectivity index (χ4n) is 3.05. The first-order chi connectivity index (χ1) is 9.05. The highest BCUT2D eigenvalue weighted by Crippen LogP contribution is 2.37. The van der Waals surface area contributed by atoms with Crippen molar-refractivity contribution in [2.75, 3.05) is 40.3 Å². The van der Waals surface area contributed by atoms with Gasteiger partial charge in [-0.15, -0.1) is 0 Å². The van der Waals surface area contributed by atoms with Gasteiger partial charge in [-0.2, -0.15) is 0 Å². The summed E-state index contributed by atoms with van der Waals surface area (Å²) in [5.74, 6) is 0.302. The van der Waals surface area contributed by atoms with Crippen LogP contribution in [0.15, 0.2) is 0 Å². The molecule has 1 rings (SSSR count). The molecule has 1 fully saturated rings. The molecule has 0 saturated heterocycles. The molecular formula is C15H31N3O. The predicted molar refractivity (Wildman–Crippen MR) is 80.0 cm³/mol. The molecule has 19 heavy (non-hydrogen) atoms. The predicted octanol–water partition coefficient (Wildman–Crippen LogP) is 1.70. The van der Waals surface area contributed by atoms with Gasteiger partial charge in [0.25, 0.3) is 0 Å². The van der Waals surface area contributed by atoms with Crippen LogP contribution in [0.1, 0.15) is 45.4 Å². The van der Waals surface area contributed by atoms with E-state index in [1.54, 1.807) is 0 Å². The summed E-state index contributed by atoms with van der Waals surface area (Å²) in [6.07, 6.45) is 6.55. The highest BCUT2D eigenvalue weighted by Gasteiger charge is 2.40. The average Bonchev–Trinajstić information content (AvgIpc) is 2.43. The summed E-state index contributed by atoms with van der Waals surface area (Å²) in [6.45, 7) is 5.26. The van der Waals surface area contributed by atoms with E-state index in [9.17, 15) is 4.79 Å². The monoisotopic (exact) mass is 269 g/mol. The maximum Gasteiger partial charge on any atom is 0.230 e. The Kier molecular flexibility index (Phi) is 6.80. The molecule has 0 aromatic carbocycles. The number of hydrogen-bond acceptors (Lipinski definition) is 3. The lowest BCUT2D eigenvalue weighted by molar-refractivity contribution is -0.143. The number of carbonyl (C=O) groups excluding carboxylic acids is 1. The fraction of sp³-hybridized carbons (Fsp3) is 0.933. The van der Waals surface area contributed by atoms with Crippen LogP contribution in [-0.4, -0.2) is 56.0 Å². The zero-order chi connectivity index (χ0) is 14.3. The minimum Gasteiger partial charge on any atom is -0.342 e. The van der Waals surface area contributed by atoms with Crippen molar-refractivity contribution < 1.29 is 4.79 Å². The van der Waals surface area contributed by atoms with E-state index in [0.717, 1.165) is 51.7 Å². The van der Waals surface area contributed by atoms with Gasteiger partial charge in [-0.1, -0.05) is 19.3 Å². The quantitative estimate of drug-likeness (QED) is 0.765. The first kappa shape index (κ1) is 16.4. The third kappa shape index (κ3) is 4.46. The Labute approximate surface area is 118 Å². The third-order valence-electron chi connectivity index (χ3n) is 4.36. The van der Waals surface area contributed by atoms with Gasteiger partial charge in [0, 0.05) is 19.6 Å². The molecule has 0 heterocycles. The second-order valence-electron chi connectivity index (χ2n) is 6.09. The van der Waals surface area contributed by atoms with Gasteiger partial charge in [0.1, 0.15) is 0 Å². The van der Waals surface area contributed by atoms with Gasteiger partial charge in [-0.05, 0) is 46.8 Å². The summed E-state index contributed by atoms with van der Waals surface area (Å²) >= 11 is 0. The summed E-state index contributed by atoms with van der Waals surface area (Å²) < 4.78 is 0. The van der Waals surface area contributed by atoms with Gasteiger partial charge >= 0.3 is 0 Å². The summed E-state index contributed by atoms with van der Waals surface area (Å²) in [6, 6.07) is 0. The smallest absolute Gasteiger partial charge is 0.230 e. The van der Waals surface area contributed by atoms with Crippen molar-refractivity contribution in [1.82, 2.24) is 9.80 Å². The van der Waals surface area contributed by atoms with Gasteiger partial charge in [-0.3, -0.25) is 4.79 Å². The molecule has 0 radical (unpaired) electrons. The van der Waals surface area contributed by atoms with Gasteiger partial charge in [0.2, 0.25) is 5.91 Å². The highest BCUT2D eigenvalue weighted by molar-refractivity contribution is 5.83. The van der Waals surface area contributed by atoms with Crippen LogP contribution < -0.4 is 5.73 Å². The van der Waals surface area contributed by atoms with Gasteiger partial charge in [0.15, 0.2) is 0 Å². The van der Waals surface area contributed by atoms with E-state index in [0.29, 0.717) is 12.5 Å². The lowest BCUT2D eigenvalue weighted by atomic mass is 9.73. The Morgan fingerprint density at radius 2 is 1.79 bits per heavy atom. The third-order valence-corrected chi connectivity index (χ3v) is 4.36. The fourth-order valence-corrected chi connectivity index (χ4v) is 3.05. The van der Waals surface area contributed by atoms with E-state index >= 15 is 0 Å². The van der Waals surface area contributed by atoms with Crippen LogP contribution in [0, 0.1) is 5.41 Å². The first-order valence-electron chi connectivity index (χ1n) is 7.70. The number of amides is 1. The number of carbonyl (C=O) groups is 1. The Hall–Kier alpha value is -0.610. The van der Waals surface area contributed by atoms with E-state index < -0.39 is 0 Å². The minimum absolute atomic E-state index is 0.258. The Balaban J connectivity index is 2.59. The topological polar surface area (TPSA) is 49.6 Å². The number of nitrogens with zero attached hydrogens (tertiary/aromatic N) is 2. The maximum atomic E-state index is 12.8. The molecule has 0 aliphatic heterocycles. The van der Waals surface area contributed by atoms with Crippen LogP contribution in [0.2, 0.25) is 0 Å². The molecule has 2 N–H and O–H groups in total. The number of nitrogens with two attached hydrogens (primary N) is 1. The van der Waals surface area contributed by atoms with Crippen LogP contribution >= 0.6 is 0 Å². The Morgan fingerprint density at radius 1 is 1.16 bits per heavy atom. The van der Waals surface area contributed by atoms with Crippen molar-refractivity contribution in [3.05, 3.63) is 0 Å². The van der Waals surface area contributed by atoms with Gasteiger partial charge < -0.3 is 15.5 Å². The SMILES string of the molecule is CCN(CCCN(C)C)C(=O)C1(CN)CCCCC1. The number of hydrogen-bond donors (Lipinski definition) is 1. The summed E-state index contributed by atoms with van der Waals surface area (Å²) in [5, 5.41) is 0. The molecule has 4 heteroatoms. The molecule has 0 aromatic heterocycles. The van der Waals surface area contributed by atoms with Gasteiger partial charge in [-0.25, -0.2) is 0 Å². The van der Waals surface area contributed by atoms with E-state index in [1.807, 2.05) is 4.90 Å². The molecule has 112 valence electrons. The maximum absolute atomic E-state index is 12.8. The summed E-state index contributed by atoms with van der Waals surface area (Å²) in [4.78, 5) is 17.0. The molecule has 0 atom stereocenters. The van der Waals surface area contributed by atoms with Crippen molar-refractivity contribution in [2.45, 2.75) is 45.4 Å². The molecule has 1 aliphatic carbocycles. The molecule has 0 bridgehead atoms. The van der Waals surface area contributed by atoms with Crippen LogP contribution in [0.4, 0.5) is 0 Å². The second kappa shape index (κ2) is 7.85. The second-order valence-corrected chi connectivity index (χ2v) is 6.09. The van der Waals surface area contributed by atoms with E-state index in [4.69, 9.17) is 5.73 Å². The molecule has 1 aliphatic rings. The largest absolute Gasteiger partial charge is 0.342 e. The van der Waals surface area contributed by atoms with E-state index in [1.165, 1.54) is 6.42 Å². The number of rotatable bonds is 7. The molecule has 0 aromatic rings. The van der Waals surface area contributed by atoms with Crippen LogP contribution in [0.25, 0.3) is 0 Å². The van der Waals surface area contributed by atoms with Crippen molar-refractivity contribution >= 4 is 5.91 Å². The minimum atomic E-state index is -0.258. The molecule has 1 amide bonds. The molecule has 0 unspecified atom stereocenters. The summed E-state index contributed by atoms with van der Waals surface area (Å²) in [7, 11) is 4.14.